The number of ether oxygens (including phenoxy) is 2. The summed E-state index contributed by atoms with van der Waals surface area (Å²) in [5.74, 6) is 1.49. The molecule has 0 bridgehead atoms. The van der Waals surface area contributed by atoms with Crippen molar-refractivity contribution in [3.05, 3.63) is 23.8 Å². The average molecular weight is 292 g/mol. The minimum Gasteiger partial charge on any atom is -0.486 e. The molecule has 3 rings (SSSR count). The molecule has 6 nitrogen and oxygen atoms in total. The molecular formula is C15H20N2O4. The molecule has 1 aromatic rings. The Morgan fingerprint density at radius 3 is 2.90 bits per heavy atom. The lowest BCUT2D eigenvalue weighted by atomic mass is 10.1. The molecule has 0 unspecified atom stereocenters. The summed E-state index contributed by atoms with van der Waals surface area (Å²) in [7, 11) is 0. The van der Waals surface area contributed by atoms with E-state index in [0.717, 1.165) is 23.5 Å². The first kappa shape index (κ1) is 14.2. The van der Waals surface area contributed by atoms with E-state index in [-0.39, 0.29) is 11.9 Å². The summed E-state index contributed by atoms with van der Waals surface area (Å²) in [6.07, 6.45) is 0.798. The molecule has 0 spiro atoms. The van der Waals surface area contributed by atoms with Crippen LogP contribution in [-0.2, 0) is 11.2 Å². The van der Waals surface area contributed by atoms with Gasteiger partial charge < -0.3 is 25.2 Å². The summed E-state index contributed by atoms with van der Waals surface area (Å²) in [6, 6.07) is 5.57. The summed E-state index contributed by atoms with van der Waals surface area (Å²) in [5, 5.41) is 15.3. The Labute approximate surface area is 123 Å². The van der Waals surface area contributed by atoms with Gasteiger partial charge in [0, 0.05) is 13.1 Å². The maximum atomic E-state index is 11.9. The topological polar surface area (TPSA) is 79.8 Å². The molecule has 0 aromatic heterocycles. The van der Waals surface area contributed by atoms with E-state index >= 15 is 0 Å². The summed E-state index contributed by atoms with van der Waals surface area (Å²) < 4.78 is 11.0. The first-order valence-corrected chi connectivity index (χ1v) is 7.30. The fourth-order valence-corrected chi connectivity index (χ4v) is 2.61. The van der Waals surface area contributed by atoms with Crippen LogP contribution in [0.2, 0.25) is 0 Å². The third-order valence-electron chi connectivity index (χ3n) is 3.74. The SMILES string of the molecule is O=C(NCCc1ccc2c(c1)OCCO2)[C@@H]1C[C@H](O)CN1. The van der Waals surface area contributed by atoms with E-state index in [9.17, 15) is 9.90 Å². The zero-order chi connectivity index (χ0) is 14.7. The first-order chi connectivity index (χ1) is 10.2. The molecule has 21 heavy (non-hydrogen) atoms. The van der Waals surface area contributed by atoms with E-state index in [1.165, 1.54) is 0 Å². The molecule has 2 atom stereocenters. The van der Waals surface area contributed by atoms with Crippen molar-refractivity contribution in [3.8, 4) is 11.5 Å². The maximum Gasteiger partial charge on any atom is 0.237 e. The number of fused-ring (bicyclic) bond motifs is 1. The Balaban J connectivity index is 1.48. The number of carbonyl (C=O) groups excluding carboxylic acids is 1. The number of aliphatic hydroxyl groups excluding tert-OH is 1. The highest BCUT2D eigenvalue weighted by Crippen LogP contribution is 2.30. The third kappa shape index (κ3) is 3.46. The van der Waals surface area contributed by atoms with Crippen LogP contribution in [0.3, 0.4) is 0 Å². The Morgan fingerprint density at radius 2 is 2.14 bits per heavy atom. The number of β-amino-alcohol motifs (C(OH)–C–C–N with tert-alkyl or cyclic N) is 1. The predicted octanol–water partition coefficient (Wildman–Crippen LogP) is -0.161. The number of carbonyl (C=O) groups is 1. The van der Waals surface area contributed by atoms with Gasteiger partial charge in [0.15, 0.2) is 11.5 Å². The third-order valence-corrected chi connectivity index (χ3v) is 3.74. The highest BCUT2D eigenvalue weighted by molar-refractivity contribution is 5.82. The van der Waals surface area contributed by atoms with Crippen LogP contribution < -0.4 is 20.1 Å². The van der Waals surface area contributed by atoms with Gasteiger partial charge in [-0.25, -0.2) is 0 Å². The minimum absolute atomic E-state index is 0.0518. The normalized spacial score (nSPS) is 23.9. The molecule has 6 heteroatoms. The smallest absolute Gasteiger partial charge is 0.237 e. The summed E-state index contributed by atoms with van der Waals surface area (Å²) >= 11 is 0. The van der Waals surface area contributed by atoms with Crippen LogP contribution in [0.4, 0.5) is 0 Å². The van der Waals surface area contributed by atoms with Gasteiger partial charge in [-0.1, -0.05) is 6.07 Å². The second kappa shape index (κ2) is 6.32. The van der Waals surface area contributed by atoms with Gasteiger partial charge in [0.05, 0.1) is 12.1 Å². The Morgan fingerprint density at radius 1 is 1.33 bits per heavy atom. The van der Waals surface area contributed by atoms with Gasteiger partial charge >= 0.3 is 0 Å². The van der Waals surface area contributed by atoms with Crippen LogP contribution in [0, 0.1) is 0 Å². The van der Waals surface area contributed by atoms with Crippen molar-refractivity contribution in [1.29, 1.82) is 0 Å². The summed E-state index contributed by atoms with van der Waals surface area (Å²) in [5.41, 5.74) is 1.10. The number of aliphatic hydroxyl groups is 1. The monoisotopic (exact) mass is 292 g/mol. The second-order valence-corrected chi connectivity index (χ2v) is 5.37. The van der Waals surface area contributed by atoms with Crippen molar-refractivity contribution < 1.29 is 19.4 Å². The van der Waals surface area contributed by atoms with Crippen LogP contribution in [0.25, 0.3) is 0 Å². The fraction of sp³-hybridized carbons (Fsp3) is 0.533. The zero-order valence-electron chi connectivity index (χ0n) is 11.8. The number of amides is 1. The molecule has 2 heterocycles. The lowest BCUT2D eigenvalue weighted by molar-refractivity contribution is -0.122. The largest absolute Gasteiger partial charge is 0.486 e. The number of hydrogen-bond donors (Lipinski definition) is 3. The molecule has 114 valence electrons. The zero-order valence-corrected chi connectivity index (χ0v) is 11.8. The van der Waals surface area contributed by atoms with E-state index in [0.29, 0.717) is 32.7 Å². The quantitative estimate of drug-likeness (QED) is 0.718. The first-order valence-electron chi connectivity index (χ1n) is 7.30. The van der Waals surface area contributed by atoms with Crippen LogP contribution in [0.1, 0.15) is 12.0 Å². The highest BCUT2D eigenvalue weighted by atomic mass is 16.6. The molecule has 1 fully saturated rings. The van der Waals surface area contributed by atoms with E-state index in [1.807, 2.05) is 18.2 Å². The Bertz CT molecular complexity index is 520. The van der Waals surface area contributed by atoms with Gasteiger partial charge in [0.2, 0.25) is 5.91 Å². The maximum absolute atomic E-state index is 11.9. The Hall–Kier alpha value is -1.79. The highest BCUT2D eigenvalue weighted by Gasteiger charge is 2.27. The van der Waals surface area contributed by atoms with Crippen LogP contribution in [0.15, 0.2) is 18.2 Å². The average Bonchev–Trinajstić information content (AvgIpc) is 2.94. The van der Waals surface area contributed by atoms with Crippen molar-refractivity contribution in [1.82, 2.24) is 10.6 Å². The van der Waals surface area contributed by atoms with Crippen molar-refractivity contribution in [2.75, 3.05) is 26.3 Å². The van der Waals surface area contributed by atoms with Gasteiger partial charge in [-0.3, -0.25) is 4.79 Å². The molecule has 3 N–H and O–H groups in total. The van der Waals surface area contributed by atoms with Crippen molar-refractivity contribution in [3.63, 3.8) is 0 Å². The molecule has 1 saturated heterocycles. The Kier molecular flexibility index (Phi) is 4.26. The van der Waals surface area contributed by atoms with Crippen molar-refractivity contribution in [2.45, 2.75) is 25.0 Å². The summed E-state index contributed by atoms with van der Waals surface area (Å²) in [4.78, 5) is 11.9. The van der Waals surface area contributed by atoms with Gasteiger partial charge in [0.1, 0.15) is 13.2 Å². The molecule has 1 amide bonds. The lowest BCUT2D eigenvalue weighted by Gasteiger charge is -2.19. The second-order valence-electron chi connectivity index (χ2n) is 5.37. The number of benzene rings is 1. The standard InChI is InChI=1S/C15H20N2O4/c18-11-8-12(17-9-11)15(19)16-4-3-10-1-2-13-14(7-10)21-6-5-20-13/h1-2,7,11-12,17-18H,3-6,8-9H2,(H,16,19)/t11-,12-/m0/s1. The van der Waals surface area contributed by atoms with Gasteiger partial charge in [-0.05, 0) is 30.5 Å². The van der Waals surface area contributed by atoms with Gasteiger partial charge in [-0.2, -0.15) is 0 Å². The van der Waals surface area contributed by atoms with E-state index in [1.54, 1.807) is 0 Å². The minimum atomic E-state index is -0.418. The van der Waals surface area contributed by atoms with E-state index in [4.69, 9.17) is 9.47 Å². The molecule has 1 aromatic carbocycles. The van der Waals surface area contributed by atoms with E-state index in [2.05, 4.69) is 10.6 Å². The molecule has 0 radical (unpaired) electrons. The molecule has 2 aliphatic heterocycles. The summed E-state index contributed by atoms with van der Waals surface area (Å²) in [6.45, 7) is 2.21. The van der Waals surface area contributed by atoms with Crippen molar-refractivity contribution >= 4 is 5.91 Å². The van der Waals surface area contributed by atoms with E-state index < -0.39 is 6.10 Å². The fourth-order valence-electron chi connectivity index (χ4n) is 2.61. The van der Waals surface area contributed by atoms with Crippen LogP contribution in [0.5, 0.6) is 11.5 Å². The van der Waals surface area contributed by atoms with Crippen molar-refractivity contribution in [2.24, 2.45) is 0 Å². The predicted molar refractivity (Wildman–Crippen MR) is 76.6 cm³/mol. The lowest BCUT2D eigenvalue weighted by Crippen LogP contribution is -2.41. The number of rotatable bonds is 4. The number of nitrogens with one attached hydrogen (secondary N) is 2. The van der Waals surface area contributed by atoms with Gasteiger partial charge in [0.25, 0.3) is 0 Å². The molecule has 0 aliphatic carbocycles. The van der Waals surface area contributed by atoms with Crippen LogP contribution in [-0.4, -0.2) is 49.5 Å². The van der Waals surface area contributed by atoms with Crippen LogP contribution >= 0.6 is 0 Å². The molecule has 2 aliphatic rings. The molecular weight excluding hydrogens is 272 g/mol. The molecule has 0 saturated carbocycles. The number of hydrogen-bond acceptors (Lipinski definition) is 5. The van der Waals surface area contributed by atoms with Gasteiger partial charge in [-0.15, -0.1) is 0 Å².